The molecule has 0 spiro atoms. The van der Waals surface area contributed by atoms with Crippen molar-refractivity contribution in [2.45, 2.75) is 43.6 Å². The molecular formula is C22H25ClN2O4S. The fourth-order valence-electron chi connectivity index (χ4n) is 4.04. The topological polar surface area (TPSA) is 66.9 Å². The van der Waals surface area contributed by atoms with Crippen molar-refractivity contribution in [2.24, 2.45) is 0 Å². The lowest BCUT2D eigenvalue weighted by atomic mass is 10.2. The van der Waals surface area contributed by atoms with Gasteiger partial charge in [-0.3, -0.25) is 4.79 Å². The second-order valence-corrected chi connectivity index (χ2v) is 10.1. The van der Waals surface area contributed by atoms with Gasteiger partial charge in [-0.05, 0) is 68.1 Å². The Balaban J connectivity index is 1.51. The van der Waals surface area contributed by atoms with Gasteiger partial charge in [0.15, 0.2) is 6.10 Å². The van der Waals surface area contributed by atoms with Gasteiger partial charge in [-0.15, -0.1) is 0 Å². The number of benzene rings is 2. The highest BCUT2D eigenvalue weighted by Crippen LogP contribution is 2.32. The first kappa shape index (κ1) is 21.2. The molecular weight excluding hydrogens is 424 g/mol. The maximum Gasteiger partial charge on any atom is 0.267 e. The molecule has 2 aliphatic rings. The zero-order valence-corrected chi connectivity index (χ0v) is 18.5. The highest BCUT2D eigenvalue weighted by molar-refractivity contribution is 7.89. The fourth-order valence-corrected chi connectivity index (χ4v) is 5.78. The van der Waals surface area contributed by atoms with E-state index in [1.54, 1.807) is 58.6 Å². The van der Waals surface area contributed by atoms with E-state index in [-0.39, 0.29) is 5.91 Å². The predicted molar refractivity (Wildman–Crippen MR) is 117 cm³/mol. The normalized spacial score (nSPS) is 18.1. The number of rotatable bonds is 5. The maximum absolute atomic E-state index is 13.0. The minimum absolute atomic E-state index is 0.166. The minimum atomic E-state index is -3.49. The van der Waals surface area contributed by atoms with Crippen LogP contribution in [0.3, 0.4) is 0 Å². The van der Waals surface area contributed by atoms with Crippen molar-refractivity contribution in [3.8, 4) is 5.75 Å². The summed E-state index contributed by atoms with van der Waals surface area (Å²) >= 11 is 5.98. The van der Waals surface area contributed by atoms with Crippen LogP contribution in [-0.4, -0.2) is 44.4 Å². The van der Waals surface area contributed by atoms with Crippen LogP contribution >= 0.6 is 11.6 Å². The summed E-state index contributed by atoms with van der Waals surface area (Å²) in [5.74, 6) is 0.367. The molecule has 1 amide bonds. The van der Waals surface area contributed by atoms with Crippen molar-refractivity contribution in [3.05, 3.63) is 53.1 Å². The first-order chi connectivity index (χ1) is 14.4. The molecule has 4 rings (SSSR count). The Hall–Kier alpha value is -2.09. The highest BCUT2D eigenvalue weighted by Gasteiger charge is 2.32. The third-order valence-corrected chi connectivity index (χ3v) is 7.75. The number of ether oxygens (including phenoxy) is 1. The van der Waals surface area contributed by atoms with E-state index in [1.807, 2.05) is 0 Å². The molecule has 0 bridgehead atoms. The largest absolute Gasteiger partial charge is 0.481 e. The van der Waals surface area contributed by atoms with E-state index < -0.39 is 16.1 Å². The summed E-state index contributed by atoms with van der Waals surface area (Å²) in [6.07, 6.45) is 2.80. The molecule has 2 aromatic rings. The van der Waals surface area contributed by atoms with Crippen LogP contribution < -0.4 is 9.64 Å². The summed E-state index contributed by atoms with van der Waals surface area (Å²) < 4.78 is 33.2. The number of nitrogens with zero attached hydrogens (tertiary/aromatic N) is 2. The van der Waals surface area contributed by atoms with Gasteiger partial charge in [0.25, 0.3) is 5.91 Å². The number of carbonyl (C=O) groups is 1. The monoisotopic (exact) mass is 448 g/mol. The molecule has 0 aliphatic carbocycles. The summed E-state index contributed by atoms with van der Waals surface area (Å²) in [6.45, 7) is 3.35. The first-order valence-corrected chi connectivity index (χ1v) is 12.0. The summed E-state index contributed by atoms with van der Waals surface area (Å²) in [5, 5.41) is 0.543. The molecule has 1 saturated heterocycles. The predicted octanol–water partition coefficient (Wildman–Crippen LogP) is 3.87. The second kappa shape index (κ2) is 8.57. The number of piperidine rings is 1. The number of halogens is 1. The van der Waals surface area contributed by atoms with Gasteiger partial charge in [-0.1, -0.05) is 24.1 Å². The van der Waals surface area contributed by atoms with Crippen molar-refractivity contribution in [3.63, 3.8) is 0 Å². The van der Waals surface area contributed by atoms with Crippen molar-refractivity contribution in [1.29, 1.82) is 0 Å². The SMILES string of the molecule is CC(Oc1cccc(Cl)c1)C(=O)N1CCc2cc(S(=O)(=O)N3CCCCC3)ccc21. The summed E-state index contributed by atoms with van der Waals surface area (Å²) in [5.41, 5.74) is 1.62. The smallest absolute Gasteiger partial charge is 0.267 e. The Morgan fingerprint density at radius 3 is 2.57 bits per heavy atom. The molecule has 0 saturated carbocycles. The molecule has 6 nitrogen and oxygen atoms in total. The molecule has 0 radical (unpaired) electrons. The van der Waals surface area contributed by atoms with Crippen LogP contribution in [0, 0.1) is 0 Å². The van der Waals surface area contributed by atoms with Gasteiger partial charge in [0.05, 0.1) is 4.90 Å². The molecule has 2 aliphatic heterocycles. The molecule has 30 heavy (non-hydrogen) atoms. The lowest BCUT2D eigenvalue weighted by Gasteiger charge is -2.26. The standard InChI is InChI=1S/C22H25ClN2O4S/c1-16(29-19-7-5-6-18(23)15-19)22(26)25-13-10-17-14-20(8-9-21(17)25)30(27,28)24-11-3-2-4-12-24/h5-9,14-16H,2-4,10-13H2,1H3. The van der Waals surface area contributed by atoms with Gasteiger partial charge in [0.2, 0.25) is 10.0 Å². The summed E-state index contributed by atoms with van der Waals surface area (Å²) in [4.78, 5) is 14.9. The molecule has 2 heterocycles. The fraction of sp³-hybridized carbons (Fsp3) is 0.409. The summed E-state index contributed by atoms with van der Waals surface area (Å²) in [7, 11) is -3.49. The van der Waals surface area contributed by atoms with Crippen LogP contribution in [0.2, 0.25) is 5.02 Å². The molecule has 160 valence electrons. The Kier molecular flexibility index (Phi) is 6.04. The van der Waals surface area contributed by atoms with Gasteiger partial charge in [0.1, 0.15) is 5.75 Å². The van der Waals surface area contributed by atoms with E-state index in [0.717, 1.165) is 30.5 Å². The number of anilines is 1. The molecule has 1 atom stereocenters. The molecule has 0 aromatic heterocycles. The lowest BCUT2D eigenvalue weighted by molar-refractivity contribution is -0.124. The van der Waals surface area contributed by atoms with E-state index in [4.69, 9.17) is 16.3 Å². The Morgan fingerprint density at radius 2 is 1.83 bits per heavy atom. The number of sulfonamides is 1. The molecule has 8 heteroatoms. The van der Waals surface area contributed by atoms with Crippen LogP contribution in [0.4, 0.5) is 5.69 Å². The van der Waals surface area contributed by atoms with Crippen LogP contribution in [0.15, 0.2) is 47.4 Å². The van der Waals surface area contributed by atoms with Crippen LogP contribution in [0.5, 0.6) is 5.75 Å². The Morgan fingerprint density at radius 1 is 1.07 bits per heavy atom. The third-order valence-electron chi connectivity index (χ3n) is 5.62. The van der Waals surface area contributed by atoms with Gasteiger partial charge in [0, 0.05) is 30.3 Å². The molecule has 1 fully saturated rings. The van der Waals surface area contributed by atoms with Crippen LogP contribution in [0.25, 0.3) is 0 Å². The van der Waals surface area contributed by atoms with Gasteiger partial charge in [-0.25, -0.2) is 8.42 Å². The second-order valence-electron chi connectivity index (χ2n) is 7.71. The number of hydrogen-bond acceptors (Lipinski definition) is 4. The van der Waals surface area contributed by atoms with Gasteiger partial charge < -0.3 is 9.64 Å². The van der Waals surface area contributed by atoms with E-state index >= 15 is 0 Å². The maximum atomic E-state index is 13.0. The molecule has 2 aromatic carbocycles. The first-order valence-electron chi connectivity index (χ1n) is 10.2. The average molecular weight is 449 g/mol. The van der Waals surface area contributed by atoms with Gasteiger partial charge >= 0.3 is 0 Å². The van der Waals surface area contributed by atoms with Crippen molar-refractivity contribution in [1.82, 2.24) is 4.31 Å². The van der Waals surface area contributed by atoms with E-state index in [0.29, 0.717) is 41.7 Å². The molecule has 0 N–H and O–H groups in total. The Labute approximate surface area is 182 Å². The number of carbonyl (C=O) groups excluding carboxylic acids is 1. The van der Waals surface area contributed by atoms with Gasteiger partial charge in [-0.2, -0.15) is 4.31 Å². The highest BCUT2D eigenvalue weighted by atomic mass is 35.5. The Bertz CT molecular complexity index is 1050. The van der Waals surface area contributed by atoms with Crippen molar-refractivity contribution >= 4 is 33.2 Å². The van der Waals surface area contributed by atoms with Crippen molar-refractivity contribution in [2.75, 3.05) is 24.5 Å². The number of amides is 1. The van der Waals surface area contributed by atoms with Crippen LogP contribution in [0.1, 0.15) is 31.7 Å². The minimum Gasteiger partial charge on any atom is -0.481 e. The zero-order chi connectivity index (χ0) is 21.3. The zero-order valence-electron chi connectivity index (χ0n) is 16.9. The lowest BCUT2D eigenvalue weighted by Crippen LogP contribution is -2.39. The molecule has 1 unspecified atom stereocenters. The number of hydrogen-bond donors (Lipinski definition) is 0. The summed E-state index contributed by atoms with van der Waals surface area (Å²) in [6, 6.07) is 12.0. The van der Waals surface area contributed by atoms with Crippen molar-refractivity contribution < 1.29 is 17.9 Å². The van der Waals surface area contributed by atoms with Crippen LogP contribution in [-0.2, 0) is 21.2 Å². The van der Waals surface area contributed by atoms with E-state index in [2.05, 4.69) is 0 Å². The average Bonchev–Trinajstić information content (AvgIpc) is 3.17. The van der Waals surface area contributed by atoms with E-state index in [9.17, 15) is 13.2 Å². The number of fused-ring (bicyclic) bond motifs is 1. The quantitative estimate of drug-likeness (QED) is 0.696. The third kappa shape index (κ3) is 4.19. The van der Waals surface area contributed by atoms with E-state index in [1.165, 1.54) is 0 Å².